The molecule has 0 bridgehead atoms. The molecule has 6 heteroatoms. The maximum absolute atomic E-state index is 10.3. The zero-order chi connectivity index (χ0) is 19.7. The average Bonchev–Trinajstić information content (AvgIpc) is 2.58. The molecule has 2 rings (SSSR count). The number of aromatic hydroxyl groups is 1. The molecule has 0 saturated carbocycles. The van der Waals surface area contributed by atoms with Crippen LogP contribution in [0.1, 0.15) is 65.9 Å². The minimum atomic E-state index is -0.875. The summed E-state index contributed by atoms with van der Waals surface area (Å²) >= 11 is 0. The van der Waals surface area contributed by atoms with Crippen LogP contribution in [0.3, 0.4) is 0 Å². The molecule has 0 heterocycles. The van der Waals surface area contributed by atoms with Gasteiger partial charge in [0.2, 0.25) is 0 Å². The van der Waals surface area contributed by atoms with E-state index in [0.29, 0.717) is 11.3 Å². The maximum Gasteiger partial charge on any atom is 0.335 e. The Morgan fingerprint density at radius 3 is 1.34 bits per heavy atom. The number of aliphatic hydroxyl groups excluding tert-OH is 1. The van der Waals surface area contributed by atoms with Gasteiger partial charge in [-0.15, -0.1) is 0 Å². The van der Waals surface area contributed by atoms with Gasteiger partial charge in [-0.1, -0.05) is 72.5 Å². The molecule has 0 aromatic heterocycles. The molecular weight excluding hydrogens is 372 g/mol. The maximum atomic E-state index is 10.3. The standard InChI is InChI=1S/C8H8O2.C6H6O.C3H6O2.C2H6O.4CH4/c1-6-2-4-7(5-3-6)8(9)10;7-6-4-2-1-3-5-6;1-2-3(4)5;1-2-3;;;;/h2-5H,1H3,(H,9,10);1-5,7H;2H2,1H3,(H,4,5);3H,2H2,1H3;4*1H4. The fourth-order valence-corrected chi connectivity index (χ4v) is 1.12. The van der Waals surface area contributed by atoms with Crippen LogP contribution in [0, 0.1) is 6.92 Å². The zero-order valence-electron chi connectivity index (χ0n) is 14.7. The van der Waals surface area contributed by atoms with Crippen molar-refractivity contribution < 1.29 is 30.0 Å². The van der Waals surface area contributed by atoms with Gasteiger partial charge in [0.1, 0.15) is 5.75 Å². The minimum absolute atomic E-state index is 0. The van der Waals surface area contributed by atoms with Crippen molar-refractivity contribution in [2.45, 2.75) is 56.9 Å². The molecule has 0 atom stereocenters. The molecular formula is C23H42O6. The summed E-state index contributed by atoms with van der Waals surface area (Å²) in [7, 11) is 0. The summed E-state index contributed by atoms with van der Waals surface area (Å²) in [5.74, 6) is -1.30. The predicted molar refractivity (Wildman–Crippen MR) is 124 cm³/mol. The van der Waals surface area contributed by atoms with Gasteiger partial charge < -0.3 is 20.4 Å². The van der Waals surface area contributed by atoms with Gasteiger partial charge in [-0.05, 0) is 38.1 Å². The Balaban J connectivity index is -0.0000000626. The van der Waals surface area contributed by atoms with Crippen LogP contribution in [0.4, 0.5) is 0 Å². The lowest BCUT2D eigenvalue weighted by molar-refractivity contribution is -0.136. The Hall–Kier alpha value is -2.86. The molecule has 2 aromatic carbocycles. The van der Waals surface area contributed by atoms with Crippen LogP contribution in [0.5, 0.6) is 5.75 Å². The van der Waals surface area contributed by atoms with Gasteiger partial charge in [-0.3, -0.25) is 4.79 Å². The smallest absolute Gasteiger partial charge is 0.335 e. The highest BCUT2D eigenvalue weighted by Crippen LogP contribution is 2.03. The summed E-state index contributed by atoms with van der Waals surface area (Å²) in [6.07, 6.45) is 0.222. The van der Waals surface area contributed by atoms with E-state index in [0.717, 1.165) is 5.56 Å². The predicted octanol–water partition coefficient (Wildman–Crippen LogP) is 6.11. The van der Waals surface area contributed by atoms with E-state index in [1.165, 1.54) is 0 Å². The Labute approximate surface area is 177 Å². The van der Waals surface area contributed by atoms with Gasteiger partial charge in [0.25, 0.3) is 0 Å². The molecule has 0 unspecified atom stereocenters. The number of carbonyl (C=O) groups is 2. The number of rotatable bonds is 2. The fourth-order valence-electron chi connectivity index (χ4n) is 1.12. The third-order valence-corrected chi connectivity index (χ3v) is 2.36. The molecule has 0 spiro atoms. The number of aromatic carboxylic acids is 1. The van der Waals surface area contributed by atoms with E-state index in [4.69, 9.17) is 20.4 Å². The zero-order valence-corrected chi connectivity index (χ0v) is 14.7. The Morgan fingerprint density at radius 2 is 1.14 bits per heavy atom. The van der Waals surface area contributed by atoms with Crippen LogP contribution in [-0.2, 0) is 4.79 Å². The van der Waals surface area contributed by atoms with Crippen molar-refractivity contribution in [3.05, 3.63) is 65.7 Å². The molecule has 0 amide bonds. The SMILES string of the molecule is C.C.C.C.CCC(=O)O.CCO.Cc1ccc(C(=O)O)cc1.Oc1ccccc1. The molecule has 2 aromatic rings. The highest BCUT2D eigenvalue weighted by Gasteiger charge is 1.98. The number of aryl methyl sites for hydroxylation is 1. The number of phenolic OH excluding ortho intramolecular Hbond substituents is 1. The van der Waals surface area contributed by atoms with E-state index >= 15 is 0 Å². The van der Waals surface area contributed by atoms with Crippen molar-refractivity contribution >= 4 is 11.9 Å². The van der Waals surface area contributed by atoms with Crippen molar-refractivity contribution in [1.82, 2.24) is 0 Å². The van der Waals surface area contributed by atoms with Crippen LogP contribution >= 0.6 is 0 Å². The molecule has 0 aliphatic rings. The number of carboxylic acids is 2. The number of carboxylic acid groups (broad SMARTS) is 2. The molecule has 0 radical (unpaired) electrons. The summed E-state index contributed by atoms with van der Waals surface area (Å²) in [5, 5.41) is 32.4. The third-order valence-electron chi connectivity index (χ3n) is 2.36. The Kier molecular flexibility index (Phi) is 38.4. The van der Waals surface area contributed by atoms with E-state index < -0.39 is 11.9 Å². The largest absolute Gasteiger partial charge is 0.508 e. The first-order valence-corrected chi connectivity index (χ1v) is 7.65. The second kappa shape index (κ2) is 27.4. The van der Waals surface area contributed by atoms with Gasteiger partial charge in [-0.25, -0.2) is 4.79 Å². The highest BCUT2D eigenvalue weighted by atomic mass is 16.4. The summed E-state index contributed by atoms with van der Waals surface area (Å²) in [4.78, 5) is 19.7. The van der Waals surface area contributed by atoms with Crippen LogP contribution in [-0.4, -0.2) is 39.0 Å². The Morgan fingerprint density at radius 1 is 0.793 bits per heavy atom. The first kappa shape index (κ1) is 40.7. The van der Waals surface area contributed by atoms with Gasteiger partial charge in [0.05, 0.1) is 5.56 Å². The third kappa shape index (κ3) is 30.1. The second-order valence-corrected chi connectivity index (χ2v) is 4.57. The lowest BCUT2D eigenvalue weighted by Gasteiger charge is -1.92. The van der Waals surface area contributed by atoms with Crippen molar-refractivity contribution in [2.75, 3.05) is 6.61 Å². The number of hydrogen-bond acceptors (Lipinski definition) is 4. The molecule has 0 fully saturated rings. The van der Waals surface area contributed by atoms with Crippen LogP contribution in [0.25, 0.3) is 0 Å². The first-order chi connectivity index (χ1) is 11.8. The van der Waals surface area contributed by atoms with Gasteiger partial charge >= 0.3 is 11.9 Å². The van der Waals surface area contributed by atoms with Crippen LogP contribution in [0.15, 0.2) is 54.6 Å². The van der Waals surface area contributed by atoms with Crippen molar-refractivity contribution in [1.29, 1.82) is 0 Å². The van der Waals surface area contributed by atoms with Crippen molar-refractivity contribution in [2.24, 2.45) is 0 Å². The van der Waals surface area contributed by atoms with E-state index in [9.17, 15) is 9.59 Å². The quantitative estimate of drug-likeness (QED) is 0.471. The van der Waals surface area contributed by atoms with Gasteiger partial charge in [-0.2, -0.15) is 0 Å². The normalized spacial score (nSPS) is 7.17. The van der Waals surface area contributed by atoms with E-state index in [-0.39, 0.29) is 42.7 Å². The monoisotopic (exact) mass is 414 g/mol. The van der Waals surface area contributed by atoms with E-state index in [1.54, 1.807) is 62.4 Å². The summed E-state index contributed by atoms with van der Waals surface area (Å²) < 4.78 is 0. The number of aliphatic carboxylic acids is 1. The van der Waals surface area contributed by atoms with Gasteiger partial charge in [0.15, 0.2) is 0 Å². The molecule has 6 nitrogen and oxygen atoms in total. The van der Waals surface area contributed by atoms with Crippen molar-refractivity contribution in [3.63, 3.8) is 0 Å². The molecule has 29 heavy (non-hydrogen) atoms. The van der Waals surface area contributed by atoms with Gasteiger partial charge in [0, 0.05) is 13.0 Å². The van der Waals surface area contributed by atoms with Crippen LogP contribution in [0.2, 0.25) is 0 Å². The lowest BCUT2D eigenvalue weighted by atomic mass is 10.2. The molecule has 0 aliphatic heterocycles. The molecule has 0 saturated heterocycles. The Bertz CT molecular complexity index is 580. The van der Waals surface area contributed by atoms with Crippen LogP contribution < -0.4 is 0 Å². The van der Waals surface area contributed by atoms with E-state index in [2.05, 4.69) is 0 Å². The van der Waals surface area contributed by atoms with Crippen molar-refractivity contribution in [3.8, 4) is 5.75 Å². The number of phenols is 1. The first-order valence-electron chi connectivity index (χ1n) is 7.65. The molecule has 0 aliphatic carbocycles. The lowest BCUT2D eigenvalue weighted by Crippen LogP contribution is -1.94. The fraction of sp³-hybridized carbons (Fsp3) is 0.391. The summed E-state index contributed by atoms with van der Waals surface area (Å²) in [6, 6.07) is 15.5. The second-order valence-electron chi connectivity index (χ2n) is 4.57. The number of para-hydroxylation sites is 1. The topological polar surface area (TPSA) is 115 Å². The molecule has 170 valence electrons. The van der Waals surface area contributed by atoms with E-state index in [1.807, 2.05) is 13.0 Å². The summed E-state index contributed by atoms with van der Waals surface area (Å²) in [6.45, 7) is 5.45. The summed E-state index contributed by atoms with van der Waals surface area (Å²) in [5.41, 5.74) is 1.41. The highest BCUT2D eigenvalue weighted by molar-refractivity contribution is 5.87. The number of benzene rings is 2. The number of aliphatic hydroxyl groups is 1. The number of hydrogen-bond donors (Lipinski definition) is 4. The molecule has 4 N–H and O–H groups in total. The minimum Gasteiger partial charge on any atom is -0.508 e. The average molecular weight is 415 g/mol.